The molecule has 2 rings (SSSR count). The molecular formula is C12H18N4O. The Bertz CT molecular complexity index is 415. The molecule has 0 aromatic carbocycles. The van der Waals surface area contributed by atoms with Crippen molar-refractivity contribution in [1.29, 1.82) is 0 Å². The van der Waals surface area contributed by atoms with Gasteiger partial charge in [-0.2, -0.15) is 0 Å². The first-order valence-electron chi connectivity index (χ1n) is 5.77. The minimum absolute atomic E-state index is 0.0371. The Morgan fingerprint density at radius 3 is 2.82 bits per heavy atom. The van der Waals surface area contributed by atoms with Crippen molar-refractivity contribution >= 4 is 11.5 Å². The lowest BCUT2D eigenvalue weighted by molar-refractivity contribution is 0.318. The number of rotatable bonds is 4. The minimum Gasteiger partial charge on any atom is -0.409 e. The fourth-order valence-electron chi connectivity index (χ4n) is 1.93. The highest BCUT2D eigenvalue weighted by Gasteiger charge is 2.33. The molecule has 17 heavy (non-hydrogen) atoms. The highest BCUT2D eigenvalue weighted by Crippen LogP contribution is 2.38. The molecule has 0 saturated heterocycles. The molecule has 2 atom stereocenters. The van der Waals surface area contributed by atoms with Crippen molar-refractivity contribution in [2.45, 2.75) is 13.3 Å². The molecule has 0 bridgehead atoms. The smallest absolute Gasteiger partial charge is 0.188 e. The van der Waals surface area contributed by atoms with Crippen LogP contribution in [0, 0.1) is 11.8 Å². The van der Waals surface area contributed by atoms with Crippen molar-refractivity contribution in [2.75, 3.05) is 18.5 Å². The Balaban J connectivity index is 2.01. The maximum absolute atomic E-state index is 8.54. The first kappa shape index (κ1) is 11.7. The second-order valence-electron chi connectivity index (χ2n) is 4.74. The number of oxime groups is 1. The molecular weight excluding hydrogens is 216 g/mol. The number of amidine groups is 1. The van der Waals surface area contributed by atoms with Crippen LogP contribution >= 0.6 is 0 Å². The van der Waals surface area contributed by atoms with Gasteiger partial charge in [0, 0.05) is 13.6 Å². The topological polar surface area (TPSA) is 74.7 Å². The molecule has 1 aliphatic carbocycles. The molecule has 3 N–H and O–H groups in total. The van der Waals surface area contributed by atoms with Gasteiger partial charge >= 0.3 is 0 Å². The summed E-state index contributed by atoms with van der Waals surface area (Å²) in [5, 5.41) is 11.5. The zero-order chi connectivity index (χ0) is 12.4. The van der Waals surface area contributed by atoms with Crippen molar-refractivity contribution in [1.82, 2.24) is 4.98 Å². The van der Waals surface area contributed by atoms with Gasteiger partial charge in [-0.15, -0.1) is 0 Å². The third-order valence-corrected chi connectivity index (χ3v) is 3.34. The molecule has 1 fully saturated rings. The maximum atomic E-state index is 8.54. The van der Waals surface area contributed by atoms with Gasteiger partial charge in [0.1, 0.15) is 5.69 Å². The first-order chi connectivity index (χ1) is 8.11. The quantitative estimate of drug-likeness (QED) is 0.356. The van der Waals surface area contributed by atoms with Gasteiger partial charge in [0.15, 0.2) is 5.84 Å². The van der Waals surface area contributed by atoms with Crippen molar-refractivity contribution in [3.05, 3.63) is 24.0 Å². The van der Waals surface area contributed by atoms with Crippen LogP contribution < -0.4 is 10.6 Å². The second kappa shape index (κ2) is 4.61. The summed E-state index contributed by atoms with van der Waals surface area (Å²) in [7, 11) is 2.06. The molecule has 0 radical (unpaired) electrons. The fraction of sp³-hybridized carbons (Fsp3) is 0.500. The van der Waals surface area contributed by atoms with E-state index in [0.717, 1.165) is 24.1 Å². The first-order valence-corrected chi connectivity index (χ1v) is 5.77. The van der Waals surface area contributed by atoms with Crippen LogP contribution in [0.1, 0.15) is 19.0 Å². The average Bonchev–Trinajstić information content (AvgIpc) is 3.04. The summed E-state index contributed by atoms with van der Waals surface area (Å²) in [5.74, 6) is 1.70. The lowest BCUT2D eigenvalue weighted by atomic mass is 10.2. The fourth-order valence-corrected chi connectivity index (χ4v) is 1.93. The molecule has 0 amide bonds. The van der Waals surface area contributed by atoms with E-state index >= 15 is 0 Å². The largest absolute Gasteiger partial charge is 0.409 e. The summed E-state index contributed by atoms with van der Waals surface area (Å²) in [6, 6.07) is 3.70. The van der Waals surface area contributed by atoms with E-state index in [9.17, 15) is 0 Å². The SMILES string of the molecule is CC1CC1CN(C)c1ccc(/C(N)=N/O)nc1. The van der Waals surface area contributed by atoms with Crippen LogP contribution in [0.5, 0.6) is 0 Å². The van der Waals surface area contributed by atoms with Gasteiger partial charge in [-0.05, 0) is 30.4 Å². The zero-order valence-electron chi connectivity index (χ0n) is 10.2. The van der Waals surface area contributed by atoms with Gasteiger partial charge in [-0.3, -0.25) is 4.98 Å². The second-order valence-corrected chi connectivity index (χ2v) is 4.74. The lowest BCUT2D eigenvalue weighted by Crippen LogP contribution is -2.21. The normalized spacial score (nSPS) is 23.5. The summed E-state index contributed by atoms with van der Waals surface area (Å²) in [5.41, 5.74) is 7.00. The van der Waals surface area contributed by atoms with Crippen LogP contribution in [0.3, 0.4) is 0 Å². The molecule has 0 spiro atoms. The van der Waals surface area contributed by atoms with E-state index < -0.39 is 0 Å². The van der Waals surface area contributed by atoms with Crippen molar-refractivity contribution < 1.29 is 5.21 Å². The van der Waals surface area contributed by atoms with Crippen LogP contribution in [0.4, 0.5) is 5.69 Å². The van der Waals surface area contributed by atoms with Crippen LogP contribution in [0.15, 0.2) is 23.5 Å². The van der Waals surface area contributed by atoms with E-state index in [1.165, 1.54) is 6.42 Å². The number of nitrogens with zero attached hydrogens (tertiary/aromatic N) is 3. The van der Waals surface area contributed by atoms with Crippen molar-refractivity contribution in [3.8, 4) is 0 Å². The minimum atomic E-state index is 0.0371. The van der Waals surface area contributed by atoms with E-state index in [1.807, 2.05) is 6.07 Å². The highest BCUT2D eigenvalue weighted by atomic mass is 16.4. The average molecular weight is 234 g/mol. The Kier molecular flexibility index (Phi) is 3.17. The third kappa shape index (κ3) is 2.67. The van der Waals surface area contributed by atoms with Gasteiger partial charge in [0.2, 0.25) is 0 Å². The van der Waals surface area contributed by atoms with E-state index in [0.29, 0.717) is 5.69 Å². The summed E-state index contributed by atoms with van der Waals surface area (Å²) in [4.78, 5) is 6.35. The lowest BCUT2D eigenvalue weighted by Gasteiger charge is -2.18. The van der Waals surface area contributed by atoms with Crippen molar-refractivity contribution in [2.24, 2.45) is 22.7 Å². The van der Waals surface area contributed by atoms with E-state index in [2.05, 4.69) is 29.0 Å². The Hall–Kier alpha value is -1.78. The molecule has 5 heteroatoms. The Labute approximate surface area is 101 Å². The molecule has 1 aromatic rings. The van der Waals surface area contributed by atoms with Gasteiger partial charge in [0.25, 0.3) is 0 Å². The van der Waals surface area contributed by atoms with Crippen molar-refractivity contribution in [3.63, 3.8) is 0 Å². The molecule has 1 aromatic heterocycles. The Morgan fingerprint density at radius 2 is 2.35 bits per heavy atom. The van der Waals surface area contributed by atoms with Crippen LogP contribution in [0.2, 0.25) is 0 Å². The third-order valence-electron chi connectivity index (χ3n) is 3.34. The summed E-state index contributed by atoms with van der Waals surface area (Å²) >= 11 is 0. The molecule has 5 nitrogen and oxygen atoms in total. The number of hydrogen-bond donors (Lipinski definition) is 2. The predicted octanol–water partition coefficient (Wildman–Crippen LogP) is 1.27. The van der Waals surface area contributed by atoms with Gasteiger partial charge in [0.05, 0.1) is 11.9 Å². The molecule has 2 unspecified atom stereocenters. The summed E-state index contributed by atoms with van der Waals surface area (Å²) in [6.45, 7) is 3.34. The summed E-state index contributed by atoms with van der Waals surface area (Å²) in [6.07, 6.45) is 3.07. The number of pyridine rings is 1. The molecule has 0 aliphatic heterocycles. The molecule has 1 heterocycles. The van der Waals surface area contributed by atoms with Gasteiger partial charge in [-0.1, -0.05) is 12.1 Å². The standard InChI is InChI=1S/C12H18N4O/c1-8-5-9(8)7-16(2)10-3-4-11(14-6-10)12(13)15-17/h3-4,6,8-9,17H,5,7H2,1-2H3,(H2,13,15). The van der Waals surface area contributed by atoms with Crippen LogP contribution in [0.25, 0.3) is 0 Å². The number of hydrogen-bond acceptors (Lipinski definition) is 4. The Morgan fingerprint density at radius 1 is 1.65 bits per heavy atom. The van der Waals surface area contributed by atoms with Crippen LogP contribution in [-0.2, 0) is 0 Å². The number of nitrogens with two attached hydrogens (primary N) is 1. The summed E-state index contributed by atoms with van der Waals surface area (Å²) < 4.78 is 0. The maximum Gasteiger partial charge on any atom is 0.188 e. The van der Waals surface area contributed by atoms with Gasteiger partial charge < -0.3 is 15.8 Å². The number of aromatic nitrogens is 1. The van der Waals surface area contributed by atoms with E-state index in [-0.39, 0.29) is 5.84 Å². The number of anilines is 1. The van der Waals surface area contributed by atoms with E-state index in [4.69, 9.17) is 10.9 Å². The predicted molar refractivity (Wildman–Crippen MR) is 67.3 cm³/mol. The van der Waals surface area contributed by atoms with Crippen LogP contribution in [-0.4, -0.2) is 29.6 Å². The van der Waals surface area contributed by atoms with E-state index in [1.54, 1.807) is 12.3 Å². The molecule has 1 saturated carbocycles. The monoisotopic (exact) mass is 234 g/mol. The van der Waals surface area contributed by atoms with Gasteiger partial charge in [-0.25, -0.2) is 0 Å². The molecule has 92 valence electrons. The molecule has 1 aliphatic rings. The highest BCUT2D eigenvalue weighted by molar-refractivity contribution is 5.95. The zero-order valence-corrected chi connectivity index (χ0v) is 10.2.